The van der Waals surface area contributed by atoms with Gasteiger partial charge in [-0.15, -0.1) is 0 Å². The zero-order valence-electron chi connectivity index (χ0n) is 13.2. The van der Waals surface area contributed by atoms with Crippen molar-refractivity contribution in [2.45, 2.75) is 18.2 Å². The summed E-state index contributed by atoms with van der Waals surface area (Å²) in [6, 6.07) is 8.67. The highest BCUT2D eigenvalue weighted by Crippen LogP contribution is 2.28. The Morgan fingerprint density at radius 3 is 2.70 bits per heavy atom. The van der Waals surface area contributed by atoms with E-state index in [2.05, 4.69) is 9.71 Å². The number of hydrogen-bond donors (Lipinski definition) is 1. The number of hydrogen-bond acceptors (Lipinski definition) is 5. The van der Waals surface area contributed by atoms with Crippen LogP contribution in [0.2, 0.25) is 0 Å². The van der Waals surface area contributed by atoms with Crippen LogP contribution in [0, 0.1) is 0 Å². The van der Waals surface area contributed by atoms with Crippen LogP contribution < -0.4 is 14.2 Å². The summed E-state index contributed by atoms with van der Waals surface area (Å²) < 4.78 is 37.5. The third-order valence-electron chi connectivity index (χ3n) is 3.18. The SMILES string of the molecule is CCOc1ccc(CCNS(=O)(=O)c2cccnc2)cc1OC. The molecule has 1 heterocycles. The number of nitrogens with one attached hydrogen (secondary N) is 1. The van der Waals surface area contributed by atoms with E-state index in [-0.39, 0.29) is 11.4 Å². The summed E-state index contributed by atoms with van der Waals surface area (Å²) in [5, 5.41) is 0. The fraction of sp³-hybridized carbons (Fsp3) is 0.312. The van der Waals surface area contributed by atoms with Gasteiger partial charge in [0.15, 0.2) is 11.5 Å². The largest absolute Gasteiger partial charge is 0.493 e. The number of benzene rings is 1. The predicted octanol–water partition coefficient (Wildman–Crippen LogP) is 2.01. The minimum absolute atomic E-state index is 0.157. The number of aromatic nitrogens is 1. The summed E-state index contributed by atoms with van der Waals surface area (Å²) in [6.07, 6.45) is 3.40. The van der Waals surface area contributed by atoms with E-state index in [1.54, 1.807) is 13.2 Å². The van der Waals surface area contributed by atoms with Gasteiger partial charge in [0, 0.05) is 18.9 Å². The van der Waals surface area contributed by atoms with Crippen LogP contribution >= 0.6 is 0 Å². The molecule has 0 aliphatic rings. The van der Waals surface area contributed by atoms with E-state index >= 15 is 0 Å². The molecule has 7 heteroatoms. The number of methoxy groups -OCH3 is 1. The Kier molecular flexibility index (Phi) is 5.95. The number of sulfonamides is 1. The number of pyridine rings is 1. The van der Waals surface area contributed by atoms with E-state index in [0.717, 1.165) is 5.56 Å². The average Bonchev–Trinajstić information content (AvgIpc) is 2.57. The Morgan fingerprint density at radius 1 is 1.22 bits per heavy atom. The van der Waals surface area contributed by atoms with E-state index in [1.807, 2.05) is 25.1 Å². The molecule has 0 unspecified atom stereocenters. The quantitative estimate of drug-likeness (QED) is 0.798. The molecule has 2 rings (SSSR count). The van der Waals surface area contributed by atoms with Crippen molar-refractivity contribution in [2.24, 2.45) is 0 Å². The van der Waals surface area contributed by atoms with Crippen molar-refractivity contribution >= 4 is 10.0 Å². The highest BCUT2D eigenvalue weighted by atomic mass is 32.2. The molecular formula is C16H20N2O4S. The third-order valence-corrected chi connectivity index (χ3v) is 4.62. The Labute approximate surface area is 136 Å². The fourth-order valence-corrected chi connectivity index (χ4v) is 3.06. The van der Waals surface area contributed by atoms with Crippen LogP contribution in [0.3, 0.4) is 0 Å². The Bertz CT molecular complexity index is 733. The highest BCUT2D eigenvalue weighted by molar-refractivity contribution is 7.89. The second-order valence-electron chi connectivity index (χ2n) is 4.75. The van der Waals surface area contributed by atoms with Crippen molar-refractivity contribution in [3.63, 3.8) is 0 Å². The lowest BCUT2D eigenvalue weighted by molar-refractivity contribution is 0.310. The molecule has 1 aromatic heterocycles. The lowest BCUT2D eigenvalue weighted by Crippen LogP contribution is -2.26. The van der Waals surface area contributed by atoms with Crippen molar-refractivity contribution in [3.8, 4) is 11.5 Å². The van der Waals surface area contributed by atoms with Gasteiger partial charge in [-0.05, 0) is 43.2 Å². The number of nitrogens with zero attached hydrogens (tertiary/aromatic N) is 1. The molecule has 0 atom stereocenters. The molecule has 1 N–H and O–H groups in total. The molecule has 0 aliphatic heterocycles. The molecule has 6 nitrogen and oxygen atoms in total. The van der Waals surface area contributed by atoms with Crippen molar-refractivity contribution in [1.29, 1.82) is 0 Å². The topological polar surface area (TPSA) is 77.5 Å². The van der Waals surface area contributed by atoms with E-state index in [0.29, 0.717) is 24.5 Å². The normalized spacial score (nSPS) is 11.2. The van der Waals surface area contributed by atoms with Crippen LogP contribution in [0.15, 0.2) is 47.6 Å². The van der Waals surface area contributed by atoms with Gasteiger partial charge in [0.2, 0.25) is 10.0 Å². The van der Waals surface area contributed by atoms with Crippen molar-refractivity contribution in [2.75, 3.05) is 20.3 Å². The first-order chi connectivity index (χ1) is 11.1. The molecule has 0 fully saturated rings. The molecule has 0 saturated carbocycles. The van der Waals surface area contributed by atoms with Gasteiger partial charge in [0.25, 0.3) is 0 Å². The summed E-state index contributed by atoms with van der Waals surface area (Å²) in [7, 11) is -1.96. The molecule has 124 valence electrons. The van der Waals surface area contributed by atoms with E-state index in [1.165, 1.54) is 18.5 Å². The smallest absolute Gasteiger partial charge is 0.242 e. The van der Waals surface area contributed by atoms with Gasteiger partial charge in [-0.2, -0.15) is 0 Å². The summed E-state index contributed by atoms with van der Waals surface area (Å²) in [4.78, 5) is 3.97. The van der Waals surface area contributed by atoms with E-state index in [4.69, 9.17) is 9.47 Å². The van der Waals surface area contributed by atoms with Gasteiger partial charge in [-0.25, -0.2) is 13.1 Å². The molecule has 23 heavy (non-hydrogen) atoms. The molecule has 2 aromatic rings. The lowest BCUT2D eigenvalue weighted by atomic mass is 10.1. The van der Waals surface area contributed by atoms with E-state index in [9.17, 15) is 8.42 Å². The van der Waals surface area contributed by atoms with Crippen LogP contribution in [-0.4, -0.2) is 33.7 Å². The molecule has 1 aromatic carbocycles. The zero-order chi connectivity index (χ0) is 16.7. The maximum absolute atomic E-state index is 12.1. The monoisotopic (exact) mass is 336 g/mol. The maximum Gasteiger partial charge on any atom is 0.242 e. The van der Waals surface area contributed by atoms with Gasteiger partial charge in [-0.3, -0.25) is 4.98 Å². The molecule has 0 spiro atoms. The first-order valence-corrected chi connectivity index (χ1v) is 8.74. The van der Waals surface area contributed by atoms with Gasteiger partial charge >= 0.3 is 0 Å². The van der Waals surface area contributed by atoms with E-state index < -0.39 is 10.0 Å². The average molecular weight is 336 g/mol. The zero-order valence-corrected chi connectivity index (χ0v) is 14.0. The Hall–Kier alpha value is -2.12. The molecular weight excluding hydrogens is 316 g/mol. The van der Waals surface area contributed by atoms with Gasteiger partial charge in [0.1, 0.15) is 4.90 Å². The van der Waals surface area contributed by atoms with Gasteiger partial charge in [-0.1, -0.05) is 6.07 Å². The summed E-state index contributed by atoms with van der Waals surface area (Å²) in [5.74, 6) is 1.31. The van der Waals surface area contributed by atoms with Crippen molar-refractivity contribution in [3.05, 3.63) is 48.3 Å². The van der Waals surface area contributed by atoms with Crippen LogP contribution in [0.1, 0.15) is 12.5 Å². The number of rotatable bonds is 8. The minimum Gasteiger partial charge on any atom is -0.493 e. The van der Waals surface area contributed by atoms with Crippen molar-refractivity contribution in [1.82, 2.24) is 9.71 Å². The number of ether oxygens (including phenoxy) is 2. The standard InChI is InChI=1S/C16H20N2O4S/c1-3-22-15-7-6-13(11-16(15)21-2)8-10-18-23(19,20)14-5-4-9-17-12-14/h4-7,9,11-12,18H,3,8,10H2,1-2H3. The Morgan fingerprint density at radius 2 is 2.04 bits per heavy atom. The highest BCUT2D eigenvalue weighted by Gasteiger charge is 2.13. The van der Waals surface area contributed by atoms with Crippen LogP contribution in [0.4, 0.5) is 0 Å². The third kappa shape index (κ3) is 4.67. The minimum atomic E-state index is -3.53. The molecule has 0 aliphatic carbocycles. The molecule has 0 bridgehead atoms. The summed E-state index contributed by atoms with van der Waals surface area (Å²) in [5.41, 5.74) is 0.958. The first kappa shape index (κ1) is 17.2. The van der Waals surface area contributed by atoms with Crippen LogP contribution in [-0.2, 0) is 16.4 Å². The molecule has 0 amide bonds. The van der Waals surface area contributed by atoms with Crippen molar-refractivity contribution < 1.29 is 17.9 Å². The maximum atomic E-state index is 12.1. The summed E-state index contributed by atoms with van der Waals surface area (Å²) >= 11 is 0. The molecule has 0 radical (unpaired) electrons. The second kappa shape index (κ2) is 7.94. The fourth-order valence-electron chi connectivity index (χ4n) is 2.06. The van der Waals surface area contributed by atoms with Crippen LogP contribution in [0.25, 0.3) is 0 Å². The van der Waals surface area contributed by atoms with Gasteiger partial charge in [0.05, 0.1) is 13.7 Å². The van der Waals surface area contributed by atoms with Gasteiger partial charge < -0.3 is 9.47 Å². The molecule has 0 saturated heterocycles. The summed E-state index contributed by atoms with van der Waals surface area (Å²) in [6.45, 7) is 2.75. The first-order valence-electron chi connectivity index (χ1n) is 7.26. The predicted molar refractivity (Wildman–Crippen MR) is 87.3 cm³/mol. The van der Waals surface area contributed by atoms with Crippen LogP contribution in [0.5, 0.6) is 11.5 Å². The second-order valence-corrected chi connectivity index (χ2v) is 6.52. The Balaban J connectivity index is 1.99. The lowest BCUT2D eigenvalue weighted by Gasteiger charge is -2.11.